The van der Waals surface area contributed by atoms with Gasteiger partial charge in [0.1, 0.15) is 6.04 Å². The monoisotopic (exact) mass is 283 g/mol. The largest absolute Gasteiger partial charge is 0.379 e. The molecule has 114 valence electrons. The van der Waals surface area contributed by atoms with Crippen LogP contribution in [0, 0.1) is 5.92 Å². The van der Waals surface area contributed by atoms with Gasteiger partial charge in [0.25, 0.3) is 5.91 Å². The van der Waals surface area contributed by atoms with Crippen LogP contribution in [-0.4, -0.2) is 79.1 Å². The van der Waals surface area contributed by atoms with Gasteiger partial charge in [-0.1, -0.05) is 20.3 Å². The number of imide groups is 1. The van der Waals surface area contributed by atoms with E-state index >= 15 is 0 Å². The number of rotatable bonds is 5. The van der Waals surface area contributed by atoms with E-state index in [2.05, 4.69) is 4.90 Å². The third kappa shape index (κ3) is 2.96. The molecule has 0 saturated carbocycles. The van der Waals surface area contributed by atoms with E-state index in [1.54, 1.807) is 11.9 Å². The van der Waals surface area contributed by atoms with Crippen LogP contribution >= 0.6 is 0 Å². The van der Waals surface area contributed by atoms with Crippen LogP contribution in [0.3, 0.4) is 0 Å². The Hall–Kier alpha value is -1.14. The summed E-state index contributed by atoms with van der Waals surface area (Å²) < 4.78 is 5.30. The normalized spacial score (nSPS) is 26.4. The summed E-state index contributed by atoms with van der Waals surface area (Å²) in [5.41, 5.74) is 0. The maximum absolute atomic E-state index is 12.4. The number of ether oxygens (including phenoxy) is 1. The summed E-state index contributed by atoms with van der Waals surface area (Å²) in [6.45, 7) is 8.51. The molecule has 2 aliphatic heterocycles. The van der Waals surface area contributed by atoms with Gasteiger partial charge in [0, 0.05) is 33.2 Å². The van der Waals surface area contributed by atoms with Crippen molar-refractivity contribution >= 4 is 11.9 Å². The lowest BCUT2D eigenvalue weighted by Gasteiger charge is -2.27. The Morgan fingerprint density at radius 3 is 2.50 bits per heavy atom. The van der Waals surface area contributed by atoms with Crippen molar-refractivity contribution in [3.8, 4) is 0 Å². The van der Waals surface area contributed by atoms with Crippen LogP contribution in [0.25, 0.3) is 0 Å². The average Bonchev–Trinajstić information content (AvgIpc) is 2.68. The molecule has 20 heavy (non-hydrogen) atoms. The first-order chi connectivity index (χ1) is 9.56. The molecule has 1 unspecified atom stereocenters. The zero-order chi connectivity index (χ0) is 14.7. The highest BCUT2D eigenvalue weighted by atomic mass is 16.5. The molecule has 3 amide bonds. The summed E-state index contributed by atoms with van der Waals surface area (Å²) in [7, 11) is 1.73. The number of hydrogen-bond donors (Lipinski definition) is 0. The van der Waals surface area contributed by atoms with Crippen LogP contribution in [0.2, 0.25) is 0 Å². The topological polar surface area (TPSA) is 53.1 Å². The fourth-order valence-electron chi connectivity index (χ4n) is 2.85. The molecule has 0 aromatic rings. The van der Waals surface area contributed by atoms with E-state index in [4.69, 9.17) is 4.74 Å². The van der Waals surface area contributed by atoms with Crippen LogP contribution in [0.4, 0.5) is 4.79 Å². The van der Waals surface area contributed by atoms with Crippen molar-refractivity contribution in [1.82, 2.24) is 14.7 Å². The summed E-state index contributed by atoms with van der Waals surface area (Å²) >= 11 is 0. The van der Waals surface area contributed by atoms with Gasteiger partial charge in [0.15, 0.2) is 0 Å². The Bertz CT molecular complexity index is 369. The van der Waals surface area contributed by atoms with Gasteiger partial charge < -0.3 is 9.64 Å². The summed E-state index contributed by atoms with van der Waals surface area (Å²) in [5.74, 6) is 0.157. The minimum absolute atomic E-state index is 0.0416. The summed E-state index contributed by atoms with van der Waals surface area (Å²) in [6.07, 6.45) is 0.894. The van der Waals surface area contributed by atoms with E-state index in [-0.39, 0.29) is 23.9 Å². The molecule has 2 atom stereocenters. The number of amides is 3. The average molecular weight is 283 g/mol. The molecule has 2 aliphatic rings. The highest BCUT2D eigenvalue weighted by molar-refractivity contribution is 6.04. The molecule has 0 N–H and O–H groups in total. The molecule has 6 nitrogen and oxygen atoms in total. The second kappa shape index (κ2) is 6.54. The molecule has 2 heterocycles. The molecular formula is C14H25N3O3. The van der Waals surface area contributed by atoms with Gasteiger partial charge in [-0.3, -0.25) is 14.6 Å². The maximum atomic E-state index is 12.4. The third-order valence-electron chi connectivity index (χ3n) is 4.40. The molecule has 0 radical (unpaired) electrons. The zero-order valence-electron chi connectivity index (χ0n) is 12.7. The Morgan fingerprint density at radius 1 is 1.25 bits per heavy atom. The quantitative estimate of drug-likeness (QED) is 0.694. The van der Waals surface area contributed by atoms with Crippen LogP contribution in [0.5, 0.6) is 0 Å². The molecule has 2 fully saturated rings. The first-order valence-electron chi connectivity index (χ1n) is 7.44. The fourth-order valence-corrected chi connectivity index (χ4v) is 2.85. The number of urea groups is 1. The number of morpholine rings is 1. The standard InChI is InChI=1S/C14H25N3O3/c1-4-11(2)12-13(18)17(14(19)15(12)3)6-5-16-7-9-20-10-8-16/h11-12H,4-10H2,1-3H3/t11-,12?/m0/s1. The molecule has 0 aliphatic carbocycles. The summed E-state index contributed by atoms with van der Waals surface area (Å²) in [4.78, 5) is 29.9. The SMILES string of the molecule is CC[C@H](C)C1C(=O)N(CCN2CCOCC2)C(=O)N1C. The van der Waals surface area contributed by atoms with E-state index in [0.717, 1.165) is 39.3 Å². The van der Waals surface area contributed by atoms with E-state index in [9.17, 15) is 9.59 Å². The minimum Gasteiger partial charge on any atom is -0.379 e. The molecule has 2 rings (SSSR count). The molecule has 6 heteroatoms. The lowest BCUT2D eigenvalue weighted by atomic mass is 9.98. The number of hydrogen-bond acceptors (Lipinski definition) is 4. The van der Waals surface area contributed by atoms with E-state index in [1.165, 1.54) is 4.90 Å². The van der Waals surface area contributed by atoms with Crippen molar-refractivity contribution in [3.63, 3.8) is 0 Å². The first kappa shape index (κ1) is 15.3. The van der Waals surface area contributed by atoms with Crippen molar-refractivity contribution in [2.45, 2.75) is 26.3 Å². The molecule has 0 spiro atoms. The second-order valence-corrected chi connectivity index (χ2v) is 5.67. The molecule has 0 aromatic carbocycles. The lowest BCUT2D eigenvalue weighted by molar-refractivity contribution is -0.129. The molecule has 0 aromatic heterocycles. The van der Waals surface area contributed by atoms with Crippen LogP contribution in [0.15, 0.2) is 0 Å². The first-order valence-corrected chi connectivity index (χ1v) is 7.44. The van der Waals surface area contributed by atoms with Gasteiger partial charge in [-0.2, -0.15) is 0 Å². The Kier molecular flexibility index (Phi) is 4.99. The predicted octanol–water partition coefficient (Wildman–Crippen LogP) is 0.627. The van der Waals surface area contributed by atoms with Crippen molar-refractivity contribution in [1.29, 1.82) is 0 Å². The van der Waals surface area contributed by atoms with E-state index in [1.807, 2.05) is 13.8 Å². The number of carbonyl (C=O) groups excluding carboxylic acids is 2. The van der Waals surface area contributed by atoms with Crippen molar-refractivity contribution in [2.24, 2.45) is 5.92 Å². The number of likely N-dealkylation sites (N-methyl/N-ethyl adjacent to an activating group) is 1. The lowest BCUT2D eigenvalue weighted by Crippen LogP contribution is -2.43. The Labute approximate surface area is 120 Å². The minimum atomic E-state index is -0.294. The highest BCUT2D eigenvalue weighted by Crippen LogP contribution is 2.23. The molecular weight excluding hydrogens is 258 g/mol. The van der Waals surface area contributed by atoms with E-state index in [0.29, 0.717) is 6.54 Å². The smallest absolute Gasteiger partial charge is 0.327 e. The van der Waals surface area contributed by atoms with Gasteiger partial charge in [0.2, 0.25) is 0 Å². The zero-order valence-corrected chi connectivity index (χ0v) is 12.7. The van der Waals surface area contributed by atoms with E-state index < -0.39 is 0 Å². The molecule has 0 bridgehead atoms. The Balaban J connectivity index is 1.94. The van der Waals surface area contributed by atoms with Gasteiger partial charge >= 0.3 is 6.03 Å². The van der Waals surface area contributed by atoms with Gasteiger partial charge in [-0.05, 0) is 5.92 Å². The summed E-state index contributed by atoms with van der Waals surface area (Å²) in [6, 6.07) is -0.453. The Morgan fingerprint density at radius 2 is 1.90 bits per heavy atom. The van der Waals surface area contributed by atoms with Crippen LogP contribution in [-0.2, 0) is 9.53 Å². The van der Waals surface area contributed by atoms with Gasteiger partial charge in [0.05, 0.1) is 13.2 Å². The van der Waals surface area contributed by atoms with Crippen LogP contribution in [0.1, 0.15) is 20.3 Å². The summed E-state index contributed by atoms with van der Waals surface area (Å²) in [5, 5.41) is 0. The van der Waals surface area contributed by atoms with Crippen LogP contribution < -0.4 is 0 Å². The predicted molar refractivity (Wildman–Crippen MR) is 75.4 cm³/mol. The highest BCUT2D eigenvalue weighted by Gasteiger charge is 2.44. The number of carbonyl (C=O) groups is 2. The van der Waals surface area contributed by atoms with Gasteiger partial charge in [-0.15, -0.1) is 0 Å². The second-order valence-electron chi connectivity index (χ2n) is 5.67. The number of nitrogens with zero attached hydrogens (tertiary/aromatic N) is 3. The van der Waals surface area contributed by atoms with Crippen molar-refractivity contribution in [2.75, 3.05) is 46.4 Å². The van der Waals surface area contributed by atoms with Crippen molar-refractivity contribution in [3.05, 3.63) is 0 Å². The maximum Gasteiger partial charge on any atom is 0.327 e. The van der Waals surface area contributed by atoms with Gasteiger partial charge in [-0.25, -0.2) is 4.79 Å². The van der Waals surface area contributed by atoms with Crippen molar-refractivity contribution < 1.29 is 14.3 Å². The molecule has 2 saturated heterocycles. The fraction of sp³-hybridized carbons (Fsp3) is 0.857. The third-order valence-corrected chi connectivity index (χ3v) is 4.40.